The molecule has 3 rings (SSSR count). The van der Waals surface area contributed by atoms with E-state index in [2.05, 4.69) is 4.98 Å². The van der Waals surface area contributed by atoms with Gasteiger partial charge in [0.1, 0.15) is 16.8 Å². The minimum absolute atomic E-state index is 0.00561. The SMILES string of the molecule is CCN(C(=O)[O-])[C@@H]1C[C@H](C)[N+](C)(C(C)=O)c2ccc(-c3ncc(C=O)s3)cc21. The van der Waals surface area contributed by atoms with Crippen molar-refractivity contribution in [3.05, 3.63) is 34.8 Å². The van der Waals surface area contributed by atoms with Crippen molar-refractivity contribution < 1.29 is 19.5 Å². The number of quaternary nitrogens is 1. The van der Waals surface area contributed by atoms with Crippen LogP contribution in [-0.2, 0) is 4.79 Å². The number of carbonyl (C=O) groups excluding carboxylic acids is 3. The van der Waals surface area contributed by atoms with Crippen molar-refractivity contribution >= 4 is 35.3 Å². The summed E-state index contributed by atoms with van der Waals surface area (Å²) in [5, 5.41) is 12.4. The highest BCUT2D eigenvalue weighted by molar-refractivity contribution is 7.16. The fourth-order valence-electron chi connectivity index (χ4n) is 4.00. The van der Waals surface area contributed by atoms with Crippen molar-refractivity contribution in [3.63, 3.8) is 0 Å². The Morgan fingerprint density at radius 2 is 2.14 bits per heavy atom. The van der Waals surface area contributed by atoms with Crippen LogP contribution in [0.15, 0.2) is 24.4 Å². The largest absolute Gasteiger partial charge is 0.530 e. The molecule has 8 heteroatoms. The van der Waals surface area contributed by atoms with E-state index in [9.17, 15) is 19.5 Å². The summed E-state index contributed by atoms with van der Waals surface area (Å²) in [4.78, 5) is 41.4. The molecule has 1 aliphatic heterocycles. The van der Waals surface area contributed by atoms with E-state index in [0.717, 1.165) is 23.1 Å². The Morgan fingerprint density at radius 3 is 2.68 bits per heavy atom. The normalized spacial score (nSPS) is 23.7. The molecule has 1 aromatic carbocycles. The van der Waals surface area contributed by atoms with Gasteiger partial charge in [-0.3, -0.25) is 4.79 Å². The number of amides is 2. The zero-order valence-electron chi connectivity index (χ0n) is 16.3. The minimum Gasteiger partial charge on any atom is -0.530 e. The fraction of sp³-hybridized carbons (Fsp3) is 0.400. The van der Waals surface area contributed by atoms with E-state index >= 15 is 0 Å². The maximum Gasteiger partial charge on any atom is 0.315 e. The van der Waals surface area contributed by atoms with E-state index in [1.54, 1.807) is 13.8 Å². The van der Waals surface area contributed by atoms with Crippen LogP contribution in [-0.4, -0.2) is 47.8 Å². The third-order valence-electron chi connectivity index (χ3n) is 5.83. The molecular weight excluding hydrogens is 378 g/mol. The first-order chi connectivity index (χ1) is 13.2. The number of rotatable bonds is 4. The molecule has 1 aromatic heterocycles. The van der Waals surface area contributed by atoms with Gasteiger partial charge in [-0.05, 0) is 26.0 Å². The molecule has 1 unspecified atom stereocenters. The molecule has 7 nitrogen and oxygen atoms in total. The number of aldehydes is 1. The first kappa shape index (κ1) is 20.2. The number of aromatic nitrogens is 1. The van der Waals surface area contributed by atoms with Crippen molar-refractivity contribution in [2.45, 2.75) is 39.3 Å². The number of thiazole rings is 1. The van der Waals surface area contributed by atoms with Gasteiger partial charge in [-0.2, -0.15) is 0 Å². The maximum atomic E-state index is 12.6. The van der Waals surface area contributed by atoms with Crippen LogP contribution in [0.5, 0.6) is 0 Å². The first-order valence-corrected chi connectivity index (χ1v) is 9.96. The van der Waals surface area contributed by atoms with Gasteiger partial charge < -0.3 is 14.8 Å². The summed E-state index contributed by atoms with van der Waals surface area (Å²) in [7, 11) is 1.87. The maximum absolute atomic E-state index is 12.6. The number of hydrogen-bond acceptors (Lipinski definition) is 6. The lowest BCUT2D eigenvalue weighted by Gasteiger charge is -2.46. The van der Waals surface area contributed by atoms with Crippen molar-refractivity contribution in [3.8, 4) is 10.6 Å². The zero-order valence-corrected chi connectivity index (χ0v) is 17.2. The lowest BCUT2D eigenvalue weighted by Crippen LogP contribution is -2.60. The number of fused-ring (bicyclic) bond motifs is 1. The van der Waals surface area contributed by atoms with E-state index in [1.165, 1.54) is 22.4 Å². The number of nitrogens with zero attached hydrogens (tertiary/aromatic N) is 3. The molecule has 0 saturated carbocycles. The van der Waals surface area contributed by atoms with Crippen LogP contribution < -0.4 is 9.59 Å². The van der Waals surface area contributed by atoms with Crippen LogP contribution >= 0.6 is 11.3 Å². The third-order valence-corrected chi connectivity index (χ3v) is 6.80. The molecule has 0 aliphatic carbocycles. The highest BCUT2D eigenvalue weighted by Gasteiger charge is 2.47. The Kier molecular flexibility index (Phi) is 5.36. The molecule has 0 bridgehead atoms. The molecule has 0 spiro atoms. The van der Waals surface area contributed by atoms with Gasteiger partial charge in [0.25, 0.3) is 0 Å². The van der Waals surface area contributed by atoms with E-state index in [-0.39, 0.29) is 16.4 Å². The van der Waals surface area contributed by atoms with Crippen LogP contribution in [0, 0.1) is 0 Å². The molecule has 0 saturated heterocycles. The molecule has 0 N–H and O–H groups in total. The summed E-state index contributed by atoms with van der Waals surface area (Å²) in [6.45, 7) is 5.59. The Bertz CT molecular complexity index is 941. The van der Waals surface area contributed by atoms with Gasteiger partial charge in [-0.25, -0.2) is 14.3 Å². The zero-order chi connectivity index (χ0) is 20.6. The van der Waals surface area contributed by atoms with Crippen LogP contribution in [0.1, 0.15) is 48.5 Å². The Hall–Kier alpha value is -2.58. The van der Waals surface area contributed by atoms with E-state index in [0.29, 0.717) is 22.9 Å². The average molecular weight is 401 g/mol. The third kappa shape index (κ3) is 3.12. The summed E-state index contributed by atoms with van der Waals surface area (Å²) in [6, 6.07) is 5.15. The summed E-state index contributed by atoms with van der Waals surface area (Å²) in [5.41, 5.74) is 2.36. The predicted octanol–water partition coefficient (Wildman–Crippen LogP) is 2.60. The van der Waals surface area contributed by atoms with E-state index < -0.39 is 12.1 Å². The van der Waals surface area contributed by atoms with Crippen LogP contribution in [0.2, 0.25) is 0 Å². The lowest BCUT2D eigenvalue weighted by atomic mass is 9.87. The molecule has 1 aliphatic rings. The number of hydrogen-bond donors (Lipinski definition) is 0. The lowest BCUT2D eigenvalue weighted by molar-refractivity contribution is -0.268. The van der Waals surface area contributed by atoms with Crippen molar-refractivity contribution in [2.24, 2.45) is 0 Å². The second-order valence-electron chi connectivity index (χ2n) is 7.21. The Labute approximate surface area is 167 Å². The standard InChI is InChI=1S/C20H23N3O4S/c1-5-22(20(26)27)17-8-12(2)23(4,13(3)25)18-7-6-14(9-16(17)18)19-21-10-15(11-24)28-19/h6-7,9-12,17H,5,8H2,1-4H3/t12-,17+,23?/m0/s1. The number of benzene rings is 1. The van der Waals surface area contributed by atoms with Gasteiger partial charge in [0.2, 0.25) is 0 Å². The summed E-state index contributed by atoms with van der Waals surface area (Å²) in [5.74, 6) is -0.00561. The summed E-state index contributed by atoms with van der Waals surface area (Å²) < 4.78 is 0.105. The molecule has 148 valence electrons. The van der Waals surface area contributed by atoms with E-state index in [4.69, 9.17) is 0 Å². The van der Waals surface area contributed by atoms with Gasteiger partial charge in [-0.1, -0.05) is 0 Å². The van der Waals surface area contributed by atoms with Crippen molar-refractivity contribution in [2.75, 3.05) is 13.6 Å². The van der Waals surface area contributed by atoms with Gasteiger partial charge in [0.15, 0.2) is 6.29 Å². The van der Waals surface area contributed by atoms with Crippen molar-refractivity contribution in [1.29, 1.82) is 0 Å². The summed E-state index contributed by atoms with van der Waals surface area (Å²) >= 11 is 1.27. The van der Waals surface area contributed by atoms with E-state index in [1.807, 2.05) is 32.2 Å². The Balaban J connectivity index is 2.21. The van der Waals surface area contributed by atoms with Crippen LogP contribution in [0.3, 0.4) is 0 Å². The van der Waals surface area contributed by atoms with Gasteiger partial charge in [0.05, 0.1) is 30.9 Å². The topological polar surface area (TPSA) is 90.4 Å². The minimum atomic E-state index is -1.23. The van der Waals surface area contributed by atoms with Crippen LogP contribution in [0.4, 0.5) is 10.5 Å². The molecule has 28 heavy (non-hydrogen) atoms. The molecule has 0 fully saturated rings. The van der Waals surface area contributed by atoms with Gasteiger partial charge in [0, 0.05) is 36.4 Å². The first-order valence-electron chi connectivity index (χ1n) is 9.14. The second-order valence-corrected chi connectivity index (χ2v) is 8.27. The highest BCUT2D eigenvalue weighted by atomic mass is 32.1. The number of carbonyl (C=O) groups is 3. The molecule has 2 amide bonds. The van der Waals surface area contributed by atoms with Crippen molar-refractivity contribution in [1.82, 2.24) is 14.4 Å². The molecule has 3 atom stereocenters. The Morgan fingerprint density at radius 1 is 1.43 bits per heavy atom. The number of carboxylic acid groups (broad SMARTS) is 1. The molecule has 2 aromatic rings. The highest BCUT2D eigenvalue weighted by Crippen LogP contribution is 2.45. The average Bonchev–Trinajstić information content (AvgIpc) is 3.14. The molecule has 0 radical (unpaired) electrons. The van der Waals surface area contributed by atoms with Gasteiger partial charge >= 0.3 is 5.91 Å². The smallest absolute Gasteiger partial charge is 0.315 e. The second kappa shape index (κ2) is 7.44. The fourth-order valence-corrected chi connectivity index (χ4v) is 4.73. The van der Waals surface area contributed by atoms with Crippen LogP contribution in [0.25, 0.3) is 10.6 Å². The summed E-state index contributed by atoms with van der Waals surface area (Å²) in [6.07, 6.45) is 1.54. The van der Waals surface area contributed by atoms with Gasteiger partial charge in [-0.15, -0.1) is 11.3 Å². The molecular formula is C20H23N3O4S. The molecule has 2 heterocycles. The monoisotopic (exact) mass is 401 g/mol. The quantitative estimate of drug-likeness (QED) is 0.580. The predicted molar refractivity (Wildman–Crippen MR) is 106 cm³/mol.